The first-order valence-corrected chi connectivity index (χ1v) is 8.74. The van der Waals surface area contributed by atoms with Crippen LogP contribution >= 0.6 is 11.8 Å². The number of carbonyl (C=O) groups is 1. The molecule has 7 heteroatoms. The van der Waals surface area contributed by atoms with Gasteiger partial charge in [0.15, 0.2) is 0 Å². The molecule has 0 spiro atoms. The second-order valence-corrected chi connectivity index (χ2v) is 6.57. The van der Waals surface area contributed by atoms with E-state index in [4.69, 9.17) is 0 Å². The minimum atomic E-state index is -0.329. The van der Waals surface area contributed by atoms with Crippen molar-refractivity contribution >= 4 is 23.5 Å². The Bertz CT molecular complexity index is 891. The lowest BCUT2D eigenvalue weighted by Crippen LogP contribution is -2.31. The van der Waals surface area contributed by atoms with Gasteiger partial charge in [0.05, 0.1) is 0 Å². The van der Waals surface area contributed by atoms with Crippen LogP contribution in [0.4, 0.5) is 14.9 Å². The molecular weight excluding hydrogens is 351 g/mol. The Balaban J connectivity index is 1.64. The number of urea groups is 1. The molecular formula is C19H17FN4OS. The van der Waals surface area contributed by atoms with Gasteiger partial charge in [-0.15, -0.1) is 0 Å². The summed E-state index contributed by atoms with van der Waals surface area (Å²) in [5.74, 6) is -0.329. The van der Waals surface area contributed by atoms with Gasteiger partial charge in [0, 0.05) is 37.2 Å². The van der Waals surface area contributed by atoms with Crippen LogP contribution in [0, 0.1) is 5.82 Å². The number of amides is 2. The summed E-state index contributed by atoms with van der Waals surface area (Å²) in [6.45, 7) is 0.180. The van der Waals surface area contributed by atoms with Crippen molar-refractivity contribution in [3.63, 3.8) is 0 Å². The molecule has 2 heterocycles. The Kier molecular flexibility index (Phi) is 5.80. The molecule has 0 saturated heterocycles. The highest BCUT2D eigenvalue weighted by Gasteiger charge is 2.12. The van der Waals surface area contributed by atoms with Crippen molar-refractivity contribution in [3.8, 4) is 0 Å². The molecule has 5 nitrogen and oxygen atoms in total. The van der Waals surface area contributed by atoms with Crippen LogP contribution in [0.25, 0.3) is 0 Å². The monoisotopic (exact) mass is 368 g/mol. The normalized spacial score (nSPS) is 10.4. The summed E-state index contributed by atoms with van der Waals surface area (Å²) >= 11 is 1.41. The molecule has 0 aliphatic rings. The molecule has 0 bridgehead atoms. The van der Waals surface area contributed by atoms with Crippen LogP contribution in [0.5, 0.6) is 0 Å². The molecule has 0 aliphatic heterocycles. The summed E-state index contributed by atoms with van der Waals surface area (Å²) in [4.78, 5) is 22.3. The summed E-state index contributed by atoms with van der Waals surface area (Å²) in [6.07, 6.45) is 3.34. The maximum Gasteiger partial charge on any atom is 0.321 e. The van der Waals surface area contributed by atoms with Crippen molar-refractivity contribution in [1.29, 1.82) is 0 Å². The third-order valence-corrected chi connectivity index (χ3v) is 4.43. The first-order chi connectivity index (χ1) is 12.6. The number of benzene rings is 1. The molecule has 0 unspecified atom stereocenters. The van der Waals surface area contributed by atoms with Crippen molar-refractivity contribution in [2.45, 2.75) is 16.6 Å². The number of halogens is 1. The number of rotatable bonds is 5. The average Bonchev–Trinajstić information content (AvgIpc) is 2.64. The number of anilines is 1. The molecule has 132 valence electrons. The van der Waals surface area contributed by atoms with E-state index in [2.05, 4.69) is 15.3 Å². The Hall–Kier alpha value is -2.93. The van der Waals surface area contributed by atoms with Crippen molar-refractivity contribution in [3.05, 3.63) is 78.4 Å². The molecule has 26 heavy (non-hydrogen) atoms. The van der Waals surface area contributed by atoms with Crippen LogP contribution < -0.4 is 5.32 Å². The van der Waals surface area contributed by atoms with Crippen LogP contribution in [0.15, 0.2) is 77.0 Å². The zero-order valence-corrected chi connectivity index (χ0v) is 14.9. The molecule has 2 amide bonds. The zero-order chi connectivity index (χ0) is 18.4. The molecule has 1 N–H and O–H groups in total. The minimum absolute atomic E-state index is 0.180. The van der Waals surface area contributed by atoms with E-state index in [-0.39, 0.29) is 18.4 Å². The smallest absolute Gasteiger partial charge is 0.321 e. The summed E-state index contributed by atoms with van der Waals surface area (Å²) < 4.78 is 13.7. The fourth-order valence-electron chi connectivity index (χ4n) is 2.23. The highest BCUT2D eigenvalue weighted by atomic mass is 32.2. The minimum Gasteiger partial charge on any atom is -0.323 e. The zero-order valence-electron chi connectivity index (χ0n) is 14.1. The van der Waals surface area contributed by atoms with E-state index in [0.29, 0.717) is 11.3 Å². The van der Waals surface area contributed by atoms with Crippen molar-refractivity contribution in [2.75, 3.05) is 12.4 Å². The van der Waals surface area contributed by atoms with Crippen molar-refractivity contribution in [2.24, 2.45) is 0 Å². The SMILES string of the molecule is CN(Cc1ccccc1F)C(=O)Nc1ccnc(Sc2ccccn2)c1. The predicted molar refractivity (Wildman–Crippen MR) is 99.5 cm³/mol. The van der Waals surface area contributed by atoms with E-state index in [1.807, 2.05) is 18.2 Å². The van der Waals surface area contributed by atoms with Crippen LogP contribution in [0.2, 0.25) is 0 Å². The lowest BCUT2D eigenvalue weighted by atomic mass is 10.2. The maximum absolute atomic E-state index is 13.7. The van der Waals surface area contributed by atoms with Gasteiger partial charge in [0.25, 0.3) is 0 Å². The highest BCUT2D eigenvalue weighted by Crippen LogP contribution is 2.25. The van der Waals surface area contributed by atoms with Gasteiger partial charge in [-0.1, -0.05) is 36.0 Å². The van der Waals surface area contributed by atoms with E-state index >= 15 is 0 Å². The Morgan fingerprint density at radius 3 is 2.62 bits per heavy atom. The number of aromatic nitrogens is 2. The summed E-state index contributed by atoms with van der Waals surface area (Å²) in [5, 5.41) is 4.34. The van der Waals surface area contributed by atoms with E-state index < -0.39 is 0 Å². The van der Waals surface area contributed by atoms with E-state index in [1.54, 1.807) is 49.8 Å². The maximum atomic E-state index is 13.7. The van der Waals surface area contributed by atoms with Gasteiger partial charge in [-0.25, -0.2) is 19.2 Å². The Morgan fingerprint density at radius 1 is 1.08 bits per heavy atom. The lowest BCUT2D eigenvalue weighted by molar-refractivity contribution is 0.220. The fraction of sp³-hybridized carbons (Fsp3) is 0.105. The standard InChI is InChI=1S/C19H17FN4OS/c1-24(13-14-6-2-3-7-16(14)20)19(25)23-15-9-11-22-18(12-15)26-17-8-4-5-10-21-17/h2-12H,13H2,1H3,(H,22,23,25). The lowest BCUT2D eigenvalue weighted by Gasteiger charge is -2.18. The highest BCUT2D eigenvalue weighted by molar-refractivity contribution is 7.99. The van der Waals surface area contributed by atoms with E-state index in [0.717, 1.165) is 10.1 Å². The third-order valence-electron chi connectivity index (χ3n) is 3.55. The second kappa shape index (κ2) is 8.44. The predicted octanol–water partition coefficient (Wildman–Crippen LogP) is 4.43. The number of nitrogens with zero attached hydrogens (tertiary/aromatic N) is 3. The van der Waals surface area contributed by atoms with Crippen LogP contribution in [0.1, 0.15) is 5.56 Å². The van der Waals surface area contributed by atoms with Gasteiger partial charge < -0.3 is 10.2 Å². The molecule has 3 aromatic rings. The molecule has 0 aliphatic carbocycles. The molecule has 0 fully saturated rings. The number of nitrogens with one attached hydrogen (secondary N) is 1. The molecule has 0 saturated carbocycles. The topological polar surface area (TPSA) is 58.1 Å². The molecule has 3 rings (SSSR count). The van der Waals surface area contributed by atoms with Gasteiger partial charge in [0.1, 0.15) is 15.9 Å². The molecule has 0 atom stereocenters. The first kappa shape index (κ1) is 17.9. The second-order valence-electron chi connectivity index (χ2n) is 5.53. The van der Waals surface area contributed by atoms with Crippen molar-refractivity contribution < 1.29 is 9.18 Å². The number of hydrogen-bond donors (Lipinski definition) is 1. The average molecular weight is 368 g/mol. The Labute approximate surface area is 155 Å². The van der Waals surface area contributed by atoms with Crippen molar-refractivity contribution in [1.82, 2.24) is 14.9 Å². The van der Waals surface area contributed by atoms with E-state index in [9.17, 15) is 9.18 Å². The molecule has 1 aromatic carbocycles. The van der Waals surface area contributed by atoms with Gasteiger partial charge in [-0.3, -0.25) is 0 Å². The van der Waals surface area contributed by atoms with Gasteiger partial charge >= 0.3 is 6.03 Å². The Morgan fingerprint density at radius 2 is 1.85 bits per heavy atom. The quantitative estimate of drug-likeness (QED) is 0.724. The van der Waals surface area contributed by atoms with E-state index in [1.165, 1.54) is 22.7 Å². The van der Waals surface area contributed by atoms with Crippen LogP contribution in [-0.4, -0.2) is 27.9 Å². The number of pyridine rings is 2. The summed E-state index contributed by atoms with van der Waals surface area (Å²) in [6, 6.07) is 15.2. The van der Waals surface area contributed by atoms with Gasteiger partial charge in [-0.05, 0) is 30.3 Å². The van der Waals surface area contributed by atoms with Crippen LogP contribution in [0.3, 0.4) is 0 Å². The number of carbonyl (C=O) groups excluding carboxylic acids is 1. The summed E-state index contributed by atoms with van der Waals surface area (Å²) in [5.41, 5.74) is 1.08. The summed E-state index contributed by atoms with van der Waals surface area (Å²) in [7, 11) is 1.62. The molecule has 2 aromatic heterocycles. The largest absolute Gasteiger partial charge is 0.323 e. The van der Waals surface area contributed by atoms with Crippen LogP contribution in [-0.2, 0) is 6.54 Å². The first-order valence-electron chi connectivity index (χ1n) is 7.92. The van der Waals surface area contributed by atoms with Gasteiger partial charge in [0.2, 0.25) is 0 Å². The third kappa shape index (κ3) is 4.80. The fourth-order valence-corrected chi connectivity index (χ4v) is 3.00. The number of hydrogen-bond acceptors (Lipinski definition) is 4. The molecule has 0 radical (unpaired) electrons. The van der Waals surface area contributed by atoms with Gasteiger partial charge in [-0.2, -0.15) is 0 Å².